The van der Waals surface area contributed by atoms with E-state index in [1.165, 1.54) is 0 Å². The van der Waals surface area contributed by atoms with Crippen LogP contribution >= 0.6 is 0 Å². The molecule has 0 fully saturated rings. The molecule has 24 heavy (non-hydrogen) atoms. The predicted octanol–water partition coefficient (Wildman–Crippen LogP) is 2.68. The summed E-state index contributed by atoms with van der Waals surface area (Å²) in [7, 11) is 0. The zero-order valence-corrected chi connectivity index (χ0v) is 13.1. The van der Waals surface area contributed by atoms with E-state index in [0.717, 1.165) is 22.9 Å². The van der Waals surface area contributed by atoms with Crippen LogP contribution in [-0.2, 0) is 16.0 Å². The van der Waals surface area contributed by atoms with E-state index in [9.17, 15) is 9.59 Å². The molecular formula is C19H18N2O3. The van der Waals surface area contributed by atoms with Crippen molar-refractivity contribution in [1.82, 2.24) is 10.3 Å². The SMILES string of the molecule is O=C(COC(=O)c1cc2ccccc2[nH]1)NCCc1ccccc1. The second-order valence-corrected chi connectivity index (χ2v) is 5.43. The second kappa shape index (κ2) is 7.46. The van der Waals surface area contributed by atoms with Gasteiger partial charge in [0.15, 0.2) is 6.61 Å². The van der Waals surface area contributed by atoms with Crippen molar-refractivity contribution in [2.24, 2.45) is 0 Å². The van der Waals surface area contributed by atoms with Crippen LogP contribution in [0, 0.1) is 0 Å². The molecule has 0 aliphatic carbocycles. The van der Waals surface area contributed by atoms with Gasteiger partial charge in [0, 0.05) is 17.4 Å². The zero-order chi connectivity index (χ0) is 16.8. The Morgan fingerprint density at radius 2 is 1.75 bits per heavy atom. The van der Waals surface area contributed by atoms with Crippen molar-refractivity contribution >= 4 is 22.8 Å². The Kier molecular flexibility index (Phi) is 4.91. The number of hydrogen-bond donors (Lipinski definition) is 2. The van der Waals surface area contributed by atoms with Crippen LogP contribution in [0.4, 0.5) is 0 Å². The molecule has 2 aromatic carbocycles. The molecule has 0 saturated carbocycles. The van der Waals surface area contributed by atoms with Gasteiger partial charge in [0.25, 0.3) is 5.91 Å². The van der Waals surface area contributed by atoms with Gasteiger partial charge in [-0.05, 0) is 24.1 Å². The van der Waals surface area contributed by atoms with Crippen molar-refractivity contribution < 1.29 is 14.3 Å². The number of para-hydroxylation sites is 1. The van der Waals surface area contributed by atoms with Crippen LogP contribution in [0.15, 0.2) is 60.7 Å². The molecule has 0 bridgehead atoms. The van der Waals surface area contributed by atoms with Gasteiger partial charge in [-0.25, -0.2) is 4.79 Å². The average Bonchev–Trinajstić information content (AvgIpc) is 3.05. The number of aromatic amines is 1. The molecule has 0 aliphatic rings. The van der Waals surface area contributed by atoms with E-state index in [4.69, 9.17) is 4.74 Å². The van der Waals surface area contributed by atoms with Gasteiger partial charge in [-0.3, -0.25) is 4.79 Å². The third-order valence-electron chi connectivity index (χ3n) is 3.66. The Morgan fingerprint density at radius 1 is 1.00 bits per heavy atom. The zero-order valence-electron chi connectivity index (χ0n) is 13.1. The summed E-state index contributed by atoms with van der Waals surface area (Å²) in [6.07, 6.45) is 0.739. The summed E-state index contributed by atoms with van der Waals surface area (Å²) >= 11 is 0. The number of fused-ring (bicyclic) bond motifs is 1. The summed E-state index contributed by atoms with van der Waals surface area (Å²) in [6, 6.07) is 19.1. The highest BCUT2D eigenvalue weighted by molar-refractivity contribution is 5.95. The highest BCUT2D eigenvalue weighted by Gasteiger charge is 2.12. The minimum atomic E-state index is -0.538. The summed E-state index contributed by atoms with van der Waals surface area (Å²) in [6.45, 7) is 0.218. The van der Waals surface area contributed by atoms with E-state index in [1.54, 1.807) is 6.07 Å². The number of rotatable bonds is 6. The molecule has 3 rings (SSSR count). The number of amides is 1. The van der Waals surface area contributed by atoms with Crippen molar-refractivity contribution in [3.63, 3.8) is 0 Å². The number of aromatic nitrogens is 1. The molecule has 2 N–H and O–H groups in total. The number of hydrogen-bond acceptors (Lipinski definition) is 3. The van der Waals surface area contributed by atoms with E-state index >= 15 is 0 Å². The first-order chi connectivity index (χ1) is 11.7. The number of ether oxygens (including phenoxy) is 1. The molecule has 0 saturated heterocycles. The number of H-pyrrole nitrogens is 1. The Hall–Kier alpha value is -3.08. The van der Waals surface area contributed by atoms with Crippen LogP contribution < -0.4 is 5.32 Å². The maximum absolute atomic E-state index is 12.0. The van der Waals surface area contributed by atoms with Crippen molar-refractivity contribution in [2.45, 2.75) is 6.42 Å². The largest absolute Gasteiger partial charge is 0.451 e. The molecule has 5 nitrogen and oxygen atoms in total. The van der Waals surface area contributed by atoms with Gasteiger partial charge < -0.3 is 15.0 Å². The molecule has 122 valence electrons. The molecular weight excluding hydrogens is 304 g/mol. The van der Waals surface area contributed by atoms with Crippen LogP contribution in [0.3, 0.4) is 0 Å². The molecule has 0 atom stereocenters. The van der Waals surface area contributed by atoms with Gasteiger partial charge in [-0.15, -0.1) is 0 Å². The number of nitrogens with one attached hydrogen (secondary N) is 2. The monoisotopic (exact) mass is 322 g/mol. The van der Waals surface area contributed by atoms with E-state index in [2.05, 4.69) is 10.3 Å². The minimum Gasteiger partial charge on any atom is -0.451 e. The normalized spacial score (nSPS) is 10.5. The highest BCUT2D eigenvalue weighted by atomic mass is 16.5. The maximum Gasteiger partial charge on any atom is 0.355 e. The summed E-state index contributed by atoms with van der Waals surface area (Å²) in [5.41, 5.74) is 2.35. The molecule has 1 amide bonds. The number of carbonyl (C=O) groups is 2. The summed E-state index contributed by atoms with van der Waals surface area (Å²) < 4.78 is 5.04. The highest BCUT2D eigenvalue weighted by Crippen LogP contribution is 2.15. The standard InChI is InChI=1S/C19H18N2O3/c22-18(20-11-10-14-6-2-1-3-7-14)13-24-19(23)17-12-15-8-4-5-9-16(15)21-17/h1-9,12,21H,10-11,13H2,(H,20,22). The number of esters is 1. The smallest absolute Gasteiger partial charge is 0.355 e. The lowest BCUT2D eigenvalue weighted by Gasteiger charge is -2.06. The fraction of sp³-hybridized carbons (Fsp3) is 0.158. The first-order valence-electron chi connectivity index (χ1n) is 7.78. The Labute approximate surface area is 139 Å². The van der Waals surface area contributed by atoms with Crippen LogP contribution in [0.5, 0.6) is 0 Å². The van der Waals surface area contributed by atoms with Crippen molar-refractivity contribution in [2.75, 3.05) is 13.2 Å². The predicted molar refractivity (Wildman–Crippen MR) is 91.7 cm³/mol. The Bertz CT molecular complexity index is 807. The fourth-order valence-corrected chi connectivity index (χ4v) is 2.43. The average molecular weight is 322 g/mol. The quantitative estimate of drug-likeness (QED) is 0.685. The summed E-state index contributed by atoms with van der Waals surface area (Å²) in [5, 5.41) is 3.67. The van der Waals surface area contributed by atoms with Gasteiger partial charge in [0.2, 0.25) is 0 Å². The number of benzene rings is 2. The summed E-state index contributed by atoms with van der Waals surface area (Å²) in [4.78, 5) is 26.7. The third-order valence-corrected chi connectivity index (χ3v) is 3.66. The lowest BCUT2D eigenvalue weighted by molar-refractivity contribution is -0.124. The van der Waals surface area contributed by atoms with Crippen LogP contribution in [-0.4, -0.2) is 30.0 Å². The van der Waals surface area contributed by atoms with Crippen LogP contribution in [0.25, 0.3) is 10.9 Å². The molecule has 0 aliphatic heterocycles. The molecule has 3 aromatic rings. The van der Waals surface area contributed by atoms with Crippen molar-refractivity contribution in [1.29, 1.82) is 0 Å². The fourth-order valence-electron chi connectivity index (χ4n) is 2.43. The van der Waals surface area contributed by atoms with Gasteiger partial charge in [0.1, 0.15) is 5.69 Å². The van der Waals surface area contributed by atoms with E-state index < -0.39 is 5.97 Å². The Morgan fingerprint density at radius 3 is 2.54 bits per heavy atom. The van der Waals surface area contributed by atoms with E-state index in [1.807, 2.05) is 54.6 Å². The molecule has 1 heterocycles. The van der Waals surface area contributed by atoms with Crippen LogP contribution in [0.2, 0.25) is 0 Å². The Balaban J connectivity index is 1.44. The van der Waals surface area contributed by atoms with Gasteiger partial charge >= 0.3 is 5.97 Å². The molecule has 0 unspecified atom stereocenters. The minimum absolute atomic E-state index is 0.289. The maximum atomic E-state index is 12.0. The molecule has 0 spiro atoms. The first kappa shape index (κ1) is 15.8. The van der Waals surface area contributed by atoms with Crippen molar-refractivity contribution in [3.8, 4) is 0 Å². The van der Waals surface area contributed by atoms with E-state index in [-0.39, 0.29) is 12.5 Å². The van der Waals surface area contributed by atoms with Gasteiger partial charge in [-0.1, -0.05) is 48.5 Å². The molecule has 0 radical (unpaired) electrons. The van der Waals surface area contributed by atoms with Crippen LogP contribution in [0.1, 0.15) is 16.1 Å². The lowest BCUT2D eigenvalue weighted by atomic mass is 10.1. The topological polar surface area (TPSA) is 71.2 Å². The van der Waals surface area contributed by atoms with Gasteiger partial charge in [-0.2, -0.15) is 0 Å². The second-order valence-electron chi connectivity index (χ2n) is 5.43. The molecule has 1 aromatic heterocycles. The van der Waals surface area contributed by atoms with E-state index in [0.29, 0.717) is 12.2 Å². The van der Waals surface area contributed by atoms with Gasteiger partial charge in [0.05, 0.1) is 0 Å². The number of carbonyl (C=O) groups excluding carboxylic acids is 2. The lowest BCUT2D eigenvalue weighted by Crippen LogP contribution is -2.30. The molecule has 5 heteroatoms. The summed E-state index contributed by atoms with van der Waals surface area (Å²) in [5.74, 6) is -0.847. The van der Waals surface area contributed by atoms with Crippen molar-refractivity contribution in [3.05, 3.63) is 71.9 Å². The third kappa shape index (κ3) is 4.01. The first-order valence-corrected chi connectivity index (χ1v) is 7.78.